The summed E-state index contributed by atoms with van der Waals surface area (Å²) in [6.07, 6.45) is 3.71. The lowest BCUT2D eigenvalue weighted by molar-refractivity contribution is 0.0953. The Bertz CT molecular complexity index is 851. The lowest BCUT2D eigenvalue weighted by Gasteiger charge is -2.09. The number of methoxy groups -OCH3 is 1. The average molecular weight is 348 g/mol. The van der Waals surface area contributed by atoms with Gasteiger partial charge in [-0.2, -0.15) is 0 Å². The molecule has 1 aromatic heterocycles. The van der Waals surface area contributed by atoms with Gasteiger partial charge in [0.05, 0.1) is 12.7 Å². The highest BCUT2D eigenvalue weighted by Crippen LogP contribution is 2.17. The Hall–Kier alpha value is -3.41. The Labute approximate surface area is 152 Å². The molecule has 0 saturated heterocycles. The summed E-state index contributed by atoms with van der Waals surface area (Å²) in [4.78, 5) is 20.6. The predicted octanol–water partition coefficient (Wildman–Crippen LogP) is 3.20. The van der Waals surface area contributed by atoms with Crippen molar-refractivity contribution in [3.8, 4) is 5.75 Å². The Kier molecular flexibility index (Phi) is 5.77. The van der Waals surface area contributed by atoms with Crippen molar-refractivity contribution >= 4 is 17.5 Å². The van der Waals surface area contributed by atoms with Crippen molar-refractivity contribution in [1.82, 2.24) is 15.3 Å². The van der Waals surface area contributed by atoms with Gasteiger partial charge >= 0.3 is 0 Å². The van der Waals surface area contributed by atoms with Crippen molar-refractivity contribution in [2.75, 3.05) is 19.0 Å². The Morgan fingerprint density at radius 2 is 1.69 bits per heavy atom. The minimum atomic E-state index is -0.203. The molecule has 2 N–H and O–H groups in total. The van der Waals surface area contributed by atoms with Crippen LogP contribution in [0.25, 0.3) is 0 Å². The molecule has 0 unspecified atom stereocenters. The van der Waals surface area contributed by atoms with Crippen LogP contribution in [0.3, 0.4) is 0 Å². The molecule has 0 radical (unpaired) electrons. The molecule has 6 nitrogen and oxygen atoms in total. The smallest absolute Gasteiger partial charge is 0.254 e. The molecule has 3 aromatic rings. The van der Waals surface area contributed by atoms with E-state index in [1.165, 1.54) is 12.4 Å². The van der Waals surface area contributed by atoms with E-state index in [-0.39, 0.29) is 5.91 Å². The molecule has 0 aliphatic rings. The quantitative estimate of drug-likeness (QED) is 0.686. The highest BCUT2D eigenvalue weighted by atomic mass is 16.5. The van der Waals surface area contributed by atoms with Crippen LogP contribution in [0.15, 0.2) is 67.0 Å². The molecule has 2 aromatic carbocycles. The van der Waals surface area contributed by atoms with Gasteiger partial charge in [-0.25, -0.2) is 9.97 Å². The summed E-state index contributed by atoms with van der Waals surface area (Å²) < 4.78 is 5.31. The molecule has 26 heavy (non-hydrogen) atoms. The number of rotatable bonds is 7. The molecule has 0 spiro atoms. The fourth-order valence-electron chi connectivity index (χ4n) is 2.48. The summed E-state index contributed by atoms with van der Waals surface area (Å²) in [7, 11) is 1.64. The van der Waals surface area contributed by atoms with Crippen molar-refractivity contribution in [3.05, 3.63) is 78.1 Å². The first kappa shape index (κ1) is 17.4. The van der Waals surface area contributed by atoms with Gasteiger partial charge < -0.3 is 15.4 Å². The number of carbonyl (C=O) groups is 1. The van der Waals surface area contributed by atoms with E-state index in [0.29, 0.717) is 24.5 Å². The van der Waals surface area contributed by atoms with E-state index < -0.39 is 0 Å². The van der Waals surface area contributed by atoms with Crippen LogP contribution < -0.4 is 15.4 Å². The van der Waals surface area contributed by atoms with Crippen molar-refractivity contribution in [1.29, 1.82) is 0 Å². The van der Waals surface area contributed by atoms with Gasteiger partial charge in [0.25, 0.3) is 5.91 Å². The van der Waals surface area contributed by atoms with Gasteiger partial charge in [0.15, 0.2) is 0 Å². The average Bonchev–Trinajstić information content (AvgIpc) is 2.69. The zero-order valence-corrected chi connectivity index (χ0v) is 14.5. The highest BCUT2D eigenvalue weighted by molar-refractivity contribution is 5.93. The minimum absolute atomic E-state index is 0.203. The third-order valence-corrected chi connectivity index (χ3v) is 3.82. The van der Waals surface area contributed by atoms with Crippen molar-refractivity contribution in [2.45, 2.75) is 6.42 Å². The summed E-state index contributed by atoms with van der Waals surface area (Å²) >= 11 is 0. The Morgan fingerprint density at radius 1 is 1.00 bits per heavy atom. The second kappa shape index (κ2) is 8.62. The topological polar surface area (TPSA) is 76.1 Å². The number of carbonyl (C=O) groups excluding carboxylic acids is 1. The molecule has 0 fully saturated rings. The van der Waals surface area contributed by atoms with Crippen LogP contribution in [-0.2, 0) is 6.42 Å². The second-order valence-electron chi connectivity index (χ2n) is 5.60. The number of hydrogen-bond donors (Lipinski definition) is 2. The first-order valence-electron chi connectivity index (χ1n) is 8.30. The maximum atomic E-state index is 12.2. The summed E-state index contributed by atoms with van der Waals surface area (Å²) in [5.74, 6) is 1.06. The first-order chi connectivity index (χ1) is 12.8. The first-order valence-corrected chi connectivity index (χ1v) is 8.30. The molecule has 0 aliphatic heterocycles. The number of ether oxygens (including phenoxy) is 1. The lowest BCUT2D eigenvalue weighted by atomic mass is 10.1. The van der Waals surface area contributed by atoms with Crippen LogP contribution in [0.2, 0.25) is 0 Å². The van der Waals surface area contributed by atoms with Crippen molar-refractivity contribution in [3.63, 3.8) is 0 Å². The van der Waals surface area contributed by atoms with E-state index in [0.717, 1.165) is 17.0 Å². The van der Waals surface area contributed by atoms with E-state index in [4.69, 9.17) is 4.74 Å². The van der Waals surface area contributed by atoms with E-state index in [9.17, 15) is 4.79 Å². The number of nitrogens with one attached hydrogen (secondary N) is 2. The molecule has 3 rings (SSSR count). The van der Waals surface area contributed by atoms with Gasteiger partial charge in [-0.05, 0) is 30.2 Å². The van der Waals surface area contributed by atoms with E-state index in [2.05, 4.69) is 20.6 Å². The molecule has 0 bridgehead atoms. The number of benzene rings is 2. The van der Waals surface area contributed by atoms with Crippen molar-refractivity contribution in [2.24, 2.45) is 0 Å². The number of amides is 1. The summed E-state index contributed by atoms with van der Waals surface area (Å²) in [6.45, 7) is 0.503. The van der Waals surface area contributed by atoms with Crippen LogP contribution in [-0.4, -0.2) is 29.5 Å². The Morgan fingerprint density at radius 3 is 2.42 bits per heavy atom. The fourth-order valence-corrected chi connectivity index (χ4v) is 2.48. The SMILES string of the molecule is COc1ccccc1CCNC(=O)c1cnc(Nc2ccccc2)nc1. The minimum Gasteiger partial charge on any atom is -0.496 e. The summed E-state index contributed by atoms with van der Waals surface area (Å²) in [5, 5.41) is 5.95. The van der Waals surface area contributed by atoms with Gasteiger partial charge in [-0.15, -0.1) is 0 Å². The van der Waals surface area contributed by atoms with Gasteiger partial charge in [-0.3, -0.25) is 4.79 Å². The molecule has 1 heterocycles. The lowest BCUT2D eigenvalue weighted by Crippen LogP contribution is -2.26. The number of nitrogens with zero attached hydrogens (tertiary/aromatic N) is 2. The van der Waals surface area contributed by atoms with E-state index >= 15 is 0 Å². The van der Waals surface area contributed by atoms with Crippen LogP contribution in [0.4, 0.5) is 11.6 Å². The molecule has 6 heteroatoms. The van der Waals surface area contributed by atoms with Gasteiger partial charge in [0, 0.05) is 24.6 Å². The third kappa shape index (κ3) is 4.57. The van der Waals surface area contributed by atoms with Crippen molar-refractivity contribution < 1.29 is 9.53 Å². The highest BCUT2D eigenvalue weighted by Gasteiger charge is 2.08. The largest absolute Gasteiger partial charge is 0.496 e. The van der Waals surface area contributed by atoms with Gasteiger partial charge in [0.2, 0.25) is 5.95 Å². The maximum Gasteiger partial charge on any atom is 0.254 e. The van der Waals surface area contributed by atoms with Crippen LogP contribution >= 0.6 is 0 Å². The second-order valence-corrected chi connectivity index (χ2v) is 5.60. The molecule has 132 valence electrons. The molecule has 0 aliphatic carbocycles. The van der Waals surface area contributed by atoms with Crippen LogP contribution in [0.5, 0.6) is 5.75 Å². The molecule has 1 amide bonds. The van der Waals surface area contributed by atoms with Gasteiger partial charge in [-0.1, -0.05) is 36.4 Å². The third-order valence-electron chi connectivity index (χ3n) is 3.82. The summed E-state index contributed by atoms with van der Waals surface area (Å²) in [5.41, 5.74) is 2.36. The molecule has 0 atom stereocenters. The zero-order valence-electron chi connectivity index (χ0n) is 14.5. The number of aromatic nitrogens is 2. The normalized spacial score (nSPS) is 10.2. The maximum absolute atomic E-state index is 12.2. The summed E-state index contributed by atoms with van der Waals surface area (Å²) in [6, 6.07) is 17.4. The predicted molar refractivity (Wildman–Crippen MR) is 101 cm³/mol. The molecular weight excluding hydrogens is 328 g/mol. The standard InChI is InChI=1S/C20H20N4O2/c1-26-18-10-6-5-7-15(18)11-12-21-19(25)16-13-22-20(23-14-16)24-17-8-3-2-4-9-17/h2-10,13-14H,11-12H2,1H3,(H,21,25)(H,22,23,24). The Balaban J connectivity index is 1.53. The zero-order chi connectivity index (χ0) is 18.2. The molecule has 0 saturated carbocycles. The van der Waals surface area contributed by atoms with E-state index in [1.54, 1.807) is 7.11 Å². The fraction of sp³-hybridized carbons (Fsp3) is 0.150. The van der Waals surface area contributed by atoms with E-state index in [1.807, 2.05) is 54.6 Å². The van der Waals surface area contributed by atoms with Gasteiger partial charge in [0.1, 0.15) is 5.75 Å². The monoisotopic (exact) mass is 348 g/mol. The van der Waals surface area contributed by atoms with Crippen LogP contribution in [0, 0.1) is 0 Å². The molecular formula is C20H20N4O2. The van der Waals surface area contributed by atoms with Crippen LogP contribution in [0.1, 0.15) is 15.9 Å². The number of anilines is 2. The number of hydrogen-bond acceptors (Lipinski definition) is 5. The number of para-hydroxylation sites is 2.